The van der Waals surface area contributed by atoms with Crippen molar-refractivity contribution in [3.63, 3.8) is 0 Å². The maximum atomic E-state index is 13.0. The maximum absolute atomic E-state index is 13.0. The molecule has 0 radical (unpaired) electrons. The third-order valence-electron chi connectivity index (χ3n) is 2.58. The van der Waals surface area contributed by atoms with E-state index in [0.717, 1.165) is 9.26 Å². The van der Waals surface area contributed by atoms with Gasteiger partial charge in [0.1, 0.15) is 5.82 Å². The molecule has 0 bridgehead atoms. The molecule has 0 aliphatic heterocycles. The summed E-state index contributed by atoms with van der Waals surface area (Å²) in [5.74, 6) is -0.333. The summed E-state index contributed by atoms with van der Waals surface area (Å²) in [6.45, 7) is 0.351. The lowest BCUT2D eigenvalue weighted by Crippen LogP contribution is -2.12. The second kappa shape index (κ2) is 6.15. The first-order valence-electron chi connectivity index (χ1n) is 5.58. The van der Waals surface area contributed by atoms with Crippen molar-refractivity contribution in [1.82, 2.24) is 0 Å². The summed E-state index contributed by atoms with van der Waals surface area (Å²) >= 11 is 2.23. The first-order chi connectivity index (χ1) is 8.65. The Balaban J connectivity index is 1.96. The van der Waals surface area contributed by atoms with Gasteiger partial charge in [-0.15, -0.1) is 0 Å². The van der Waals surface area contributed by atoms with Crippen molar-refractivity contribution in [2.45, 2.75) is 6.10 Å². The fraction of sp³-hybridized carbons (Fsp3) is 0.143. The van der Waals surface area contributed by atoms with Gasteiger partial charge in [-0.05, 0) is 64.6 Å². The minimum atomic E-state index is -0.722. The minimum absolute atomic E-state index is 0.333. The molecule has 0 aliphatic rings. The predicted molar refractivity (Wildman–Crippen MR) is 79.0 cm³/mol. The normalized spacial score (nSPS) is 12.2. The monoisotopic (exact) mass is 357 g/mol. The van der Waals surface area contributed by atoms with Crippen LogP contribution in [0.1, 0.15) is 11.7 Å². The number of anilines is 1. The average molecular weight is 357 g/mol. The fourth-order valence-electron chi connectivity index (χ4n) is 1.61. The van der Waals surface area contributed by atoms with Crippen molar-refractivity contribution in [2.24, 2.45) is 0 Å². The third-order valence-corrected chi connectivity index (χ3v) is 3.30. The first kappa shape index (κ1) is 13.3. The molecule has 0 heterocycles. The molecule has 0 aromatic heterocycles. The van der Waals surface area contributed by atoms with Crippen LogP contribution in [-0.2, 0) is 0 Å². The molecule has 0 amide bonds. The number of nitrogens with one attached hydrogen (secondary N) is 1. The van der Waals surface area contributed by atoms with Gasteiger partial charge in [0.05, 0.1) is 6.10 Å². The molecule has 0 saturated heterocycles. The van der Waals surface area contributed by atoms with Crippen LogP contribution >= 0.6 is 22.6 Å². The molecular weight excluding hydrogens is 344 g/mol. The van der Waals surface area contributed by atoms with E-state index in [9.17, 15) is 9.50 Å². The topological polar surface area (TPSA) is 32.3 Å². The van der Waals surface area contributed by atoms with Crippen LogP contribution in [0.2, 0.25) is 0 Å². The molecule has 94 valence electrons. The number of benzene rings is 2. The predicted octanol–water partition coefficient (Wildman–Crippen LogP) is 3.58. The van der Waals surface area contributed by atoms with E-state index in [4.69, 9.17) is 0 Å². The van der Waals surface area contributed by atoms with Crippen LogP contribution in [0.3, 0.4) is 0 Å². The van der Waals surface area contributed by atoms with Gasteiger partial charge in [0.15, 0.2) is 0 Å². The molecule has 0 aliphatic carbocycles. The summed E-state index contributed by atoms with van der Waals surface area (Å²) < 4.78 is 14.2. The highest BCUT2D eigenvalue weighted by Gasteiger charge is 2.07. The Morgan fingerprint density at radius 2 is 1.89 bits per heavy atom. The quantitative estimate of drug-likeness (QED) is 0.820. The van der Waals surface area contributed by atoms with Gasteiger partial charge >= 0.3 is 0 Å². The fourth-order valence-corrected chi connectivity index (χ4v) is 1.97. The van der Waals surface area contributed by atoms with Gasteiger partial charge in [-0.25, -0.2) is 4.39 Å². The molecule has 2 nitrogen and oxygen atoms in total. The van der Waals surface area contributed by atoms with Crippen molar-refractivity contribution in [3.8, 4) is 0 Å². The number of hydrogen-bond donors (Lipinski definition) is 2. The Kier molecular flexibility index (Phi) is 4.54. The first-order valence-corrected chi connectivity index (χ1v) is 6.66. The SMILES string of the molecule is OC(CNc1ccc(I)cc1)c1cccc(F)c1. The smallest absolute Gasteiger partial charge is 0.123 e. The number of aliphatic hydroxyl groups is 1. The minimum Gasteiger partial charge on any atom is -0.387 e. The van der Waals surface area contributed by atoms with E-state index in [1.165, 1.54) is 12.1 Å². The maximum Gasteiger partial charge on any atom is 0.123 e. The van der Waals surface area contributed by atoms with Crippen LogP contribution in [0.15, 0.2) is 48.5 Å². The Morgan fingerprint density at radius 3 is 2.56 bits per heavy atom. The molecule has 0 saturated carbocycles. The van der Waals surface area contributed by atoms with E-state index < -0.39 is 6.10 Å². The zero-order valence-corrected chi connectivity index (χ0v) is 11.8. The lowest BCUT2D eigenvalue weighted by molar-refractivity contribution is 0.191. The molecule has 4 heteroatoms. The van der Waals surface area contributed by atoms with Crippen molar-refractivity contribution < 1.29 is 9.50 Å². The van der Waals surface area contributed by atoms with Crippen LogP contribution < -0.4 is 5.32 Å². The van der Waals surface area contributed by atoms with Gasteiger partial charge in [-0.3, -0.25) is 0 Å². The second-order valence-corrected chi connectivity index (χ2v) is 5.20. The van der Waals surface area contributed by atoms with E-state index in [1.54, 1.807) is 12.1 Å². The van der Waals surface area contributed by atoms with Crippen LogP contribution in [0.25, 0.3) is 0 Å². The number of rotatable bonds is 4. The zero-order valence-electron chi connectivity index (χ0n) is 9.61. The highest BCUT2D eigenvalue weighted by atomic mass is 127. The van der Waals surface area contributed by atoms with Crippen LogP contribution in [-0.4, -0.2) is 11.7 Å². The lowest BCUT2D eigenvalue weighted by atomic mass is 10.1. The molecule has 1 unspecified atom stereocenters. The van der Waals surface area contributed by atoms with E-state index >= 15 is 0 Å². The third kappa shape index (κ3) is 3.68. The lowest BCUT2D eigenvalue weighted by Gasteiger charge is -2.13. The van der Waals surface area contributed by atoms with Crippen molar-refractivity contribution in [3.05, 3.63) is 63.5 Å². The molecule has 2 N–H and O–H groups in total. The van der Waals surface area contributed by atoms with Crippen LogP contribution in [0, 0.1) is 9.39 Å². The zero-order chi connectivity index (χ0) is 13.0. The van der Waals surface area contributed by atoms with Crippen LogP contribution in [0.5, 0.6) is 0 Å². The molecule has 0 spiro atoms. The highest BCUT2D eigenvalue weighted by Crippen LogP contribution is 2.16. The van der Waals surface area contributed by atoms with Gasteiger partial charge in [0.2, 0.25) is 0 Å². The molecule has 2 aromatic carbocycles. The summed E-state index contributed by atoms with van der Waals surface area (Å²) in [6, 6.07) is 13.9. The Hall–Kier alpha value is -1.14. The summed E-state index contributed by atoms with van der Waals surface area (Å²) in [4.78, 5) is 0. The molecular formula is C14H13FINO. The largest absolute Gasteiger partial charge is 0.387 e. The number of aliphatic hydroxyl groups excluding tert-OH is 1. The summed E-state index contributed by atoms with van der Waals surface area (Å²) in [6.07, 6.45) is -0.722. The van der Waals surface area contributed by atoms with E-state index in [-0.39, 0.29) is 5.82 Å². The highest BCUT2D eigenvalue weighted by molar-refractivity contribution is 14.1. The van der Waals surface area contributed by atoms with Crippen LogP contribution in [0.4, 0.5) is 10.1 Å². The van der Waals surface area contributed by atoms with Crippen molar-refractivity contribution >= 4 is 28.3 Å². The Bertz CT molecular complexity index is 515. The summed E-state index contributed by atoms with van der Waals surface area (Å²) in [5, 5.41) is 13.0. The summed E-state index contributed by atoms with van der Waals surface area (Å²) in [5.41, 5.74) is 1.51. The van der Waals surface area contributed by atoms with Gasteiger partial charge in [-0.1, -0.05) is 12.1 Å². The Labute approximate surface area is 119 Å². The molecule has 1 atom stereocenters. The summed E-state index contributed by atoms with van der Waals surface area (Å²) in [7, 11) is 0. The van der Waals surface area contributed by atoms with Gasteiger partial charge in [0.25, 0.3) is 0 Å². The van der Waals surface area contributed by atoms with Gasteiger partial charge < -0.3 is 10.4 Å². The van der Waals surface area contributed by atoms with E-state index in [0.29, 0.717) is 12.1 Å². The number of halogens is 2. The van der Waals surface area contributed by atoms with Crippen molar-refractivity contribution in [1.29, 1.82) is 0 Å². The number of hydrogen-bond acceptors (Lipinski definition) is 2. The molecule has 2 aromatic rings. The van der Waals surface area contributed by atoms with E-state index in [2.05, 4.69) is 27.9 Å². The van der Waals surface area contributed by atoms with Crippen molar-refractivity contribution in [2.75, 3.05) is 11.9 Å². The second-order valence-electron chi connectivity index (χ2n) is 3.96. The van der Waals surface area contributed by atoms with Gasteiger partial charge in [-0.2, -0.15) is 0 Å². The molecule has 0 fully saturated rings. The average Bonchev–Trinajstić information content (AvgIpc) is 2.38. The standard InChI is InChI=1S/C14H13FINO/c15-11-3-1-2-10(8-11)14(18)9-17-13-6-4-12(16)5-7-13/h1-8,14,17-18H,9H2. The van der Waals surface area contributed by atoms with Gasteiger partial charge in [0, 0.05) is 15.8 Å². The Morgan fingerprint density at radius 1 is 1.17 bits per heavy atom. The van der Waals surface area contributed by atoms with E-state index in [1.807, 2.05) is 24.3 Å². The molecule has 18 heavy (non-hydrogen) atoms. The molecule has 2 rings (SSSR count).